The summed E-state index contributed by atoms with van der Waals surface area (Å²) in [5.41, 5.74) is 0.778. The Morgan fingerprint density at radius 2 is 2.41 bits per heavy atom. The summed E-state index contributed by atoms with van der Waals surface area (Å²) in [6.45, 7) is 0. The molecule has 17 heavy (non-hydrogen) atoms. The van der Waals surface area contributed by atoms with Crippen LogP contribution in [0.15, 0.2) is 29.0 Å². The Morgan fingerprint density at radius 1 is 1.53 bits per heavy atom. The molecule has 2 rings (SSSR count). The molecule has 6 nitrogen and oxygen atoms in total. The minimum atomic E-state index is -0.300. The van der Waals surface area contributed by atoms with Crippen molar-refractivity contribution in [2.45, 2.75) is 12.8 Å². The van der Waals surface area contributed by atoms with Crippen LogP contribution < -0.4 is 0 Å². The second kappa shape index (κ2) is 5.20. The predicted octanol–water partition coefficient (Wildman–Crippen LogP) is 1.24. The van der Waals surface area contributed by atoms with Crippen LogP contribution in [0.2, 0.25) is 0 Å². The van der Waals surface area contributed by atoms with Gasteiger partial charge >= 0.3 is 5.97 Å². The van der Waals surface area contributed by atoms with Crippen LogP contribution >= 0.6 is 0 Å². The van der Waals surface area contributed by atoms with Gasteiger partial charge in [-0.25, -0.2) is 0 Å². The predicted molar refractivity (Wildman–Crippen MR) is 57.9 cm³/mol. The fourth-order valence-electron chi connectivity index (χ4n) is 1.28. The van der Waals surface area contributed by atoms with Crippen LogP contribution in [0.4, 0.5) is 0 Å². The number of rotatable bonds is 4. The molecule has 0 aliphatic carbocycles. The van der Waals surface area contributed by atoms with Gasteiger partial charge in [0, 0.05) is 24.4 Å². The van der Waals surface area contributed by atoms with Crippen LogP contribution in [0.3, 0.4) is 0 Å². The second-order valence-corrected chi connectivity index (χ2v) is 3.33. The van der Waals surface area contributed by atoms with E-state index in [4.69, 9.17) is 4.52 Å². The Hall–Kier alpha value is -2.24. The molecule has 0 amide bonds. The zero-order chi connectivity index (χ0) is 12.1. The molecular formula is C11H11N3O3. The summed E-state index contributed by atoms with van der Waals surface area (Å²) in [6, 6.07) is 3.63. The quantitative estimate of drug-likeness (QED) is 0.739. The van der Waals surface area contributed by atoms with Crippen molar-refractivity contribution in [1.82, 2.24) is 15.1 Å². The van der Waals surface area contributed by atoms with E-state index in [1.807, 2.05) is 6.07 Å². The monoisotopic (exact) mass is 233 g/mol. The van der Waals surface area contributed by atoms with Gasteiger partial charge in [-0.05, 0) is 12.1 Å². The number of carbonyl (C=O) groups is 1. The lowest BCUT2D eigenvalue weighted by Crippen LogP contribution is -2.01. The summed E-state index contributed by atoms with van der Waals surface area (Å²) in [7, 11) is 1.34. The minimum Gasteiger partial charge on any atom is -0.469 e. The maximum Gasteiger partial charge on any atom is 0.306 e. The fourth-order valence-corrected chi connectivity index (χ4v) is 1.28. The van der Waals surface area contributed by atoms with Gasteiger partial charge in [-0.3, -0.25) is 9.78 Å². The fraction of sp³-hybridized carbons (Fsp3) is 0.273. The van der Waals surface area contributed by atoms with Crippen molar-refractivity contribution in [2.24, 2.45) is 0 Å². The molecule has 0 bridgehead atoms. The number of ether oxygens (including phenoxy) is 1. The molecule has 6 heteroatoms. The third kappa shape index (κ3) is 2.87. The molecular weight excluding hydrogens is 222 g/mol. The van der Waals surface area contributed by atoms with Crippen molar-refractivity contribution >= 4 is 5.97 Å². The minimum absolute atomic E-state index is 0.227. The summed E-state index contributed by atoms with van der Waals surface area (Å²) >= 11 is 0. The van der Waals surface area contributed by atoms with Gasteiger partial charge in [-0.2, -0.15) is 4.98 Å². The number of nitrogens with zero attached hydrogens (tertiary/aromatic N) is 3. The number of aromatic nitrogens is 3. The summed E-state index contributed by atoms with van der Waals surface area (Å²) < 4.78 is 9.54. The maximum absolute atomic E-state index is 10.9. The summed E-state index contributed by atoms with van der Waals surface area (Å²) in [4.78, 5) is 19.1. The van der Waals surface area contributed by atoms with Crippen molar-refractivity contribution in [3.05, 3.63) is 30.4 Å². The zero-order valence-corrected chi connectivity index (χ0v) is 9.29. The Morgan fingerprint density at radius 3 is 3.12 bits per heavy atom. The lowest BCUT2D eigenvalue weighted by Gasteiger charge is -1.94. The molecule has 0 fully saturated rings. The van der Waals surface area contributed by atoms with Gasteiger partial charge in [0.05, 0.1) is 13.5 Å². The first kappa shape index (κ1) is 11.3. The average Bonchev–Trinajstić information content (AvgIpc) is 2.86. The van der Waals surface area contributed by atoms with Crippen LogP contribution in [0.25, 0.3) is 11.4 Å². The topological polar surface area (TPSA) is 78.1 Å². The second-order valence-electron chi connectivity index (χ2n) is 3.33. The van der Waals surface area contributed by atoms with E-state index in [0.29, 0.717) is 18.1 Å². The molecule has 2 aromatic rings. The van der Waals surface area contributed by atoms with E-state index in [1.165, 1.54) is 7.11 Å². The number of aryl methyl sites for hydroxylation is 1. The highest BCUT2D eigenvalue weighted by atomic mass is 16.5. The largest absolute Gasteiger partial charge is 0.469 e. The lowest BCUT2D eigenvalue weighted by molar-refractivity contribution is -0.140. The molecule has 0 saturated heterocycles. The standard InChI is InChI=1S/C11H11N3O3/c1-16-10(15)5-4-9-13-11(14-17-9)8-3-2-6-12-7-8/h2-3,6-7H,4-5H2,1H3. The highest BCUT2D eigenvalue weighted by Gasteiger charge is 2.10. The summed E-state index contributed by atoms with van der Waals surface area (Å²) in [5, 5.41) is 3.81. The van der Waals surface area contributed by atoms with Gasteiger partial charge in [0.15, 0.2) is 0 Å². The van der Waals surface area contributed by atoms with Gasteiger partial charge in [-0.1, -0.05) is 5.16 Å². The zero-order valence-electron chi connectivity index (χ0n) is 9.29. The molecule has 0 saturated carbocycles. The molecule has 0 radical (unpaired) electrons. The van der Waals surface area contributed by atoms with Crippen molar-refractivity contribution in [1.29, 1.82) is 0 Å². The normalized spacial score (nSPS) is 10.2. The summed E-state index contributed by atoms with van der Waals surface area (Å²) in [6.07, 6.45) is 3.92. The first-order chi connectivity index (χ1) is 8.29. The average molecular weight is 233 g/mol. The van der Waals surface area contributed by atoms with Crippen LogP contribution in [-0.2, 0) is 16.0 Å². The number of pyridine rings is 1. The molecule has 0 atom stereocenters. The van der Waals surface area contributed by atoms with E-state index in [1.54, 1.807) is 18.5 Å². The molecule has 88 valence electrons. The molecule has 0 N–H and O–H groups in total. The highest BCUT2D eigenvalue weighted by molar-refractivity contribution is 5.69. The van der Waals surface area contributed by atoms with Crippen molar-refractivity contribution < 1.29 is 14.1 Å². The molecule has 2 aromatic heterocycles. The van der Waals surface area contributed by atoms with Crippen molar-refractivity contribution in [3.63, 3.8) is 0 Å². The van der Waals surface area contributed by atoms with Crippen LogP contribution in [0, 0.1) is 0 Å². The molecule has 0 aliphatic rings. The van der Waals surface area contributed by atoms with Crippen LogP contribution in [-0.4, -0.2) is 28.2 Å². The number of esters is 1. The Labute approximate surface area is 97.6 Å². The number of carbonyl (C=O) groups excluding carboxylic acids is 1. The smallest absolute Gasteiger partial charge is 0.306 e. The van der Waals surface area contributed by atoms with Crippen LogP contribution in [0.1, 0.15) is 12.3 Å². The third-order valence-corrected chi connectivity index (χ3v) is 2.16. The molecule has 0 spiro atoms. The van der Waals surface area contributed by atoms with Crippen molar-refractivity contribution in [2.75, 3.05) is 7.11 Å². The SMILES string of the molecule is COC(=O)CCc1nc(-c2cccnc2)no1. The Bertz CT molecular complexity index is 496. The molecule has 0 aliphatic heterocycles. The molecule has 0 aromatic carbocycles. The van der Waals surface area contributed by atoms with Crippen LogP contribution in [0.5, 0.6) is 0 Å². The highest BCUT2D eigenvalue weighted by Crippen LogP contribution is 2.14. The Balaban J connectivity index is 2.04. The third-order valence-electron chi connectivity index (χ3n) is 2.16. The van der Waals surface area contributed by atoms with E-state index in [2.05, 4.69) is 19.9 Å². The summed E-state index contributed by atoms with van der Waals surface area (Å²) in [5.74, 6) is 0.582. The van der Waals surface area contributed by atoms with Gasteiger partial charge in [0.25, 0.3) is 0 Å². The van der Waals surface area contributed by atoms with E-state index in [-0.39, 0.29) is 12.4 Å². The van der Waals surface area contributed by atoms with Gasteiger partial charge < -0.3 is 9.26 Å². The Kier molecular flexibility index (Phi) is 3.44. The number of hydrogen-bond donors (Lipinski definition) is 0. The van der Waals surface area contributed by atoms with Gasteiger partial charge in [0.2, 0.25) is 11.7 Å². The van der Waals surface area contributed by atoms with Crippen molar-refractivity contribution in [3.8, 4) is 11.4 Å². The van der Waals surface area contributed by atoms with E-state index in [0.717, 1.165) is 5.56 Å². The first-order valence-electron chi connectivity index (χ1n) is 5.09. The van der Waals surface area contributed by atoms with E-state index in [9.17, 15) is 4.79 Å². The van der Waals surface area contributed by atoms with E-state index < -0.39 is 0 Å². The number of hydrogen-bond acceptors (Lipinski definition) is 6. The molecule has 2 heterocycles. The van der Waals surface area contributed by atoms with E-state index >= 15 is 0 Å². The van der Waals surface area contributed by atoms with Gasteiger partial charge in [-0.15, -0.1) is 0 Å². The maximum atomic E-state index is 10.9. The van der Waals surface area contributed by atoms with Gasteiger partial charge in [0.1, 0.15) is 0 Å². The number of methoxy groups -OCH3 is 1. The molecule has 0 unspecified atom stereocenters. The first-order valence-corrected chi connectivity index (χ1v) is 5.09. The lowest BCUT2D eigenvalue weighted by atomic mass is 10.3.